The summed E-state index contributed by atoms with van der Waals surface area (Å²) >= 11 is 6.23. The molecular weight excluding hydrogens is 422 g/mol. The Morgan fingerprint density at radius 3 is 2.71 bits per heavy atom. The van der Waals surface area contributed by atoms with Crippen molar-refractivity contribution in [1.82, 2.24) is 4.90 Å². The van der Waals surface area contributed by atoms with Crippen LogP contribution in [0.15, 0.2) is 36.4 Å². The minimum atomic E-state index is -0.725. The van der Waals surface area contributed by atoms with Crippen LogP contribution in [-0.4, -0.2) is 55.5 Å². The van der Waals surface area contributed by atoms with Crippen LogP contribution in [-0.2, 0) is 20.8 Å². The van der Waals surface area contributed by atoms with Gasteiger partial charge >= 0.3 is 17.8 Å². The van der Waals surface area contributed by atoms with Crippen molar-refractivity contribution in [3.05, 3.63) is 47.0 Å². The molecule has 8 nitrogen and oxygen atoms in total. The van der Waals surface area contributed by atoms with Gasteiger partial charge in [0.1, 0.15) is 11.5 Å². The third-order valence-electron chi connectivity index (χ3n) is 5.47. The molecule has 0 unspecified atom stereocenters. The number of esters is 1. The molecule has 162 valence electrons. The summed E-state index contributed by atoms with van der Waals surface area (Å²) in [5.74, 6) is -0.644. The fourth-order valence-corrected chi connectivity index (χ4v) is 4.10. The number of anilines is 2. The number of benzene rings is 2. The van der Waals surface area contributed by atoms with E-state index in [0.717, 1.165) is 11.3 Å². The number of fused-ring (bicyclic) bond motifs is 1. The zero-order chi connectivity index (χ0) is 22.1. The summed E-state index contributed by atoms with van der Waals surface area (Å²) in [5.41, 5.74) is 2.10. The lowest BCUT2D eigenvalue weighted by atomic mass is 10.1. The van der Waals surface area contributed by atoms with E-state index in [1.165, 1.54) is 0 Å². The van der Waals surface area contributed by atoms with Gasteiger partial charge in [-0.15, -0.1) is 0 Å². The Kier molecular flexibility index (Phi) is 5.73. The van der Waals surface area contributed by atoms with E-state index in [2.05, 4.69) is 10.2 Å². The van der Waals surface area contributed by atoms with Crippen molar-refractivity contribution in [1.29, 1.82) is 0 Å². The highest BCUT2D eigenvalue weighted by Gasteiger charge is 2.32. The van der Waals surface area contributed by atoms with Crippen molar-refractivity contribution >= 4 is 40.8 Å². The second kappa shape index (κ2) is 8.47. The molecule has 0 spiro atoms. The number of hydrogen-bond acceptors (Lipinski definition) is 6. The van der Waals surface area contributed by atoms with E-state index in [-0.39, 0.29) is 18.4 Å². The normalized spacial score (nSPS) is 17.8. The highest BCUT2D eigenvalue weighted by molar-refractivity contribution is 6.39. The van der Waals surface area contributed by atoms with Gasteiger partial charge < -0.3 is 24.6 Å². The molecule has 0 saturated carbocycles. The Bertz CT molecular complexity index is 1060. The number of nitrogens with zero attached hydrogens (tertiary/aromatic N) is 2. The van der Waals surface area contributed by atoms with Crippen LogP contribution in [0.2, 0.25) is 5.02 Å². The summed E-state index contributed by atoms with van der Waals surface area (Å²) in [6.45, 7) is 3.44. The smallest absolute Gasteiger partial charge is 0.315 e. The molecule has 0 aromatic heterocycles. The van der Waals surface area contributed by atoms with Crippen LogP contribution in [0, 0.1) is 0 Å². The van der Waals surface area contributed by atoms with Gasteiger partial charge in [-0.1, -0.05) is 17.7 Å². The summed E-state index contributed by atoms with van der Waals surface area (Å²) in [7, 11) is 1.56. The average Bonchev–Trinajstić information content (AvgIpc) is 3.12. The van der Waals surface area contributed by atoms with Gasteiger partial charge in [0.15, 0.2) is 0 Å². The number of hydrogen-bond donors (Lipinski definition) is 1. The molecule has 2 aliphatic heterocycles. The van der Waals surface area contributed by atoms with E-state index in [9.17, 15) is 14.4 Å². The van der Waals surface area contributed by atoms with E-state index >= 15 is 0 Å². The molecular formula is C22H22ClN3O5. The van der Waals surface area contributed by atoms with Crippen molar-refractivity contribution in [2.75, 3.05) is 37.0 Å². The molecule has 31 heavy (non-hydrogen) atoms. The topological polar surface area (TPSA) is 88.2 Å². The summed E-state index contributed by atoms with van der Waals surface area (Å²) in [5, 5.41) is 3.12. The number of halogens is 1. The molecule has 1 saturated heterocycles. The Labute approximate surface area is 184 Å². The lowest BCUT2D eigenvalue weighted by molar-refractivity contribution is -0.144. The first-order chi connectivity index (χ1) is 14.9. The van der Waals surface area contributed by atoms with Crippen LogP contribution in [0.3, 0.4) is 0 Å². The standard InChI is InChI=1S/C22H22ClN3O5/c1-13-12-25(16-5-6-18(30-2)17(23)11-16)7-8-26(13)22(29)21(28)24-15-4-3-14-9-20(27)31-19(14)10-15/h3-6,10-11,13H,7-9,12H2,1-2H3,(H,24,28)/t13-/m1/s1. The predicted octanol–water partition coefficient (Wildman–Crippen LogP) is 2.49. The van der Waals surface area contributed by atoms with Crippen LogP contribution in [0.4, 0.5) is 11.4 Å². The van der Waals surface area contributed by atoms with Gasteiger partial charge in [0.2, 0.25) is 0 Å². The first-order valence-electron chi connectivity index (χ1n) is 9.89. The van der Waals surface area contributed by atoms with Crippen LogP contribution < -0.4 is 19.7 Å². The third-order valence-corrected chi connectivity index (χ3v) is 5.76. The highest BCUT2D eigenvalue weighted by atomic mass is 35.5. The Morgan fingerprint density at radius 2 is 2.00 bits per heavy atom. The highest BCUT2D eigenvalue weighted by Crippen LogP contribution is 2.31. The van der Waals surface area contributed by atoms with E-state index in [0.29, 0.717) is 41.8 Å². The minimum absolute atomic E-state index is 0.172. The summed E-state index contributed by atoms with van der Waals surface area (Å²) < 4.78 is 10.3. The van der Waals surface area contributed by atoms with Gasteiger partial charge in [0.25, 0.3) is 0 Å². The third kappa shape index (κ3) is 4.29. The largest absolute Gasteiger partial charge is 0.495 e. The lowest BCUT2D eigenvalue weighted by Crippen LogP contribution is -2.56. The van der Waals surface area contributed by atoms with Gasteiger partial charge in [-0.2, -0.15) is 0 Å². The number of methoxy groups -OCH3 is 1. The Balaban J connectivity index is 1.38. The maximum absolute atomic E-state index is 12.8. The van der Waals surface area contributed by atoms with E-state index in [4.69, 9.17) is 21.1 Å². The number of piperazine rings is 1. The summed E-state index contributed by atoms with van der Waals surface area (Å²) in [6.07, 6.45) is 0.212. The lowest BCUT2D eigenvalue weighted by Gasteiger charge is -2.40. The number of carbonyl (C=O) groups is 3. The number of ether oxygens (including phenoxy) is 2. The molecule has 1 N–H and O–H groups in total. The number of rotatable bonds is 3. The van der Waals surface area contributed by atoms with E-state index in [1.807, 2.05) is 19.1 Å². The molecule has 9 heteroatoms. The fraction of sp³-hybridized carbons (Fsp3) is 0.318. The summed E-state index contributed by atoms with van der Waals surface area (Å²) in [4.78, 5) is 40.3. The SMILES string of the molecule is COc1ccc(N2CCN(C(=O)C(=O)Nc3ccc4c(c3)OC(=O)C4)[C@H](C)C2)cc1Cl. The molecule has 0 radical (unpaired) electrons. The first-order valence-corrected chi connectivity index (χ1v) is 10.3. The van der Waals surface area contributed by atoms with Crippen LogP contribution >= 0.6 is 11.6 Å². The quantitative estimate of drug-likeness (QED) is 0.445. The Hall–Kier alpha value is -3.26. The van der Waals surface area contributed by atoms with Crippen LogP contribution in [0.1, 0.15) is 12.5 Å². The fourth-order valence-electron chi connectivity index (χ4n) is 3.85. The van der Waals surface area contributed by atoms with E-state index in [1.54, 1.807) is 36.3 Å². The molecule has 2 aromatic rings. The first kappa shape index (κ1) is 21.0. The average molecular weight is 444 g/mol. The van der Waals surface area contributed by atoms with Gasteiger partial charge in [-0.3, -0.25) is 14.4 Å². The second-order valence-corrected chi connectivity index (χ2v) is 7.95. The summed E-state index contributed by atoms with van der Waals surface area (Å²) in [6, 6.07) is 10.3. The van der Waals surface area contributed by atoms with Crippen molar-refractivity contribution in [3.8, 4) is 11.5 Å². The zero-order valence-corrected chi connectivity index (χ0v) is 17.9. The van der Waals surface area contributed by atoms with Crippen molar-refractivity contribution in [2.45, 2.75) is 19.4 Å². The maximum Gasteiger partial charge on any atom is 0.315 e. The second-order valence-electron chi connectivity index (χ2n) is 7.54. The molecule has 0 aliphatic carbocycles. The van der Waals surface area contributed by atoms with Crippen LogP contribution in [0.25, 0.3) is 0 Å². The maximum atomic E-state index is 12.8. The van der Waals surface area contributed by atoms with Crippen molar-refractivity contribution < 1.29 is 23.9 Å². The van der Waals surface area contributed by atoms with Gasteiger partial charge in [0, 0.05) is 48.7 Å². The van der Waals surface area contributed by atoms with Crippen molar-refractivity contribution in [3.63, 3.8) is 0 Å². The Morgan fingerprint density at radius 1 is 1.19 bits per heavy atom. The molecule has 0 bridgehead atoms. The molecule has 1 atom stereocenters. The number of amides is 2. The molecule has 2 aliphatic rings. The molecule has 2 amide bonds. The number of nitrogens with one attached hydrogen (secondary N) is 1. The minimum Gasteiger partial charge on any atom is -0.495 e. The van der Waals surface area contributed by atoms with Crippen molar-refractivity contribution in [2.24, 2.45) is 0 Å². The van der Waals surface area contributed by atoms with Gasteiger partial charge in [0.05, 0.1) is 18.6 Å². The monoisotopic (exact) mass is 443 g/mol. The molecule has 4 rings (SSSR count). The molecule has 2 heterocycles. The van der Waals surface area contributed by atoms with Crippen LogP contribution in [0.5, 0.6) is 11.5 Å². The van der Waals surface area contributed by atoms with E-state index < -0.39 is 11.8 Å². The molecule has 1 fully saturated rings. The van der Waals surface area contributed by atoms with Gasteiger partial charge in [-0.25, -0.2) is 0 Å². The molecule has 2 aromatic carbocycles. The zero-order valence-electron chi connectivity index (χ0n) is 17.2. The van der Waals surface area contributed by atoms with Gasteiger partial charge in [-0.05, 0) is 31.2 Å². The predicted molar refractivity (Wildman–Crippen MR) is 116 cm³/mol. The number of carbonyl (C=O) groups excluding carboxylic acids is 3.